The molecule has 17 heavy (non-hydrogen) atoms. The van der Waals surface area contributed by atoms with Gasteiger partial charge in [-0.3, -0.25) is 4.90 Å². The Morgan fingerprint density at radius 3 is 3.12 bits per heavy atom. The van der Waals surface area contributed by atoms with Crippen LogP contribution >= 0.6 is 0 Å². The van der Waals surface area contributed by atoms with Crippen molar-refractivity contribution in [3.05, 3.63) is 12.2 Å². The largest absolute Gasteiger partial charge is 0.303 e. The van der Waals surface area contributed by atoms with Gasteiger partial charge >= 0.3 is 0 Å². The summed E-state index contributed by atoms with van der Waals surface area (Å²) in [5, 5.41) is 4.23. The smallest absolute Gasteiger partial charge is 0.141 e. The van der Waals surface area contributed by atoms with Gasteiger partial charge in [0.2, 0.25) is 0 Å². The van der Waals surface area contributed by atoms with Crippen LogP contribution in [0.5, 0.6) is 0 Å². The van der Waals surface area contributed by atoms with Crippen LogP contribution in [-0.4, -0.2) is 39.0 Å². The summed E-state index contributed by atoms with van der Waals surface area (Å²) in [6.07, 6.45) is 4.81. The van der Waals surface area contributed by atoms with Crippen LogP contribution in [0, 0.1) is 5.92 Å². The summed E-state index contributed by atoms with van der Waals surface area (Å²) >= 11 is 0. The Hall–Kier alpha value is -1.23. The van der Waals surface area contributed by atoms with Gasteiger partial charge < -0.3 is 4.79 Å². The molecule has 5 nitrogen and oxygen atoms in total. The molecule has 0 bridgehead atoms. The number of piperidine rings is 1. The molecule has 1 fully saturated rings. The normalized spacial score (nSPS) is 21.9. The first-order valence-electron chi connectivity index (χ1n) is 6.26. The summed E-state index contributed by atoms with van der Waals surface area (Å²) < 4.78 is 1.95. The highest BCUT2D eigenvalue weighted by Gasteiger charge is 2.21. The van der Waals surface area contributed by atoms with Crippen molar-refractivity contribution in [2.24, 2.45) is 5.92 Å². The van der Waals surface area contributed by atoms with Crippen LogP contribution in [-0.2, 0) is 11.3 Å². The number of carbonyl (C=O) groups is 1. The predicted octanol–water partition coefficient (Wildman–Crippen LogP) is 1.27. The van der Waals surface area contributed by atoms with Gasteiger partial charge in [0.15, 0.2) is 0 Å². The van der Waals surface area contributed by atoms with Crippen molar-refractivity contribution in [2.75, 3.05) is 13.1 Å². The highest BCUT2D eigenvalue weighted by Crippen LogP contribution is 2.17. The molecule has 0 amide bonds. The van der Waals surface area contributed by atoms with Gasteiger partial charge in [0.25, 0.3) is 0 Å². The van der Waals surface area contributed by atoms with E-state index in [4.69, 9.17) is 0 Å². The minimum atomic E-state index is 0.194. The molecular formula is C12H20N4O. The van der Waals surface area contributed by atoms with E-state index in [-0.39, 0.29) is 5.92 Å². The molecule has 1 aliphatic heterocycles. The topological polar surface area (TPSA) is 51.0 Å². The molecule has 2 heterocycles. The number of aromatic nitrogens is 3. The molecule has 0 saturated carbocycles. The average molecular weight is 236 g/mol. The zero-order valence-corrected chi connectivity index (χ0v) is 10.5. The van der Waals surface area contributed by atoms with Crippen molar-refractivity contribution < 1.29 is 4.79 Å². The number of likely N-dealkylation sites (tertiary alicyclic amines) is 1. The molecule has 5 heteroatoms. The van der Waals surface area contributed by atoms with Gasteiger partial charge in [-0.2, -0.15) is 5.10 Å². The lowest BCUT2D eigenvalue weighted by atomic mass is 10.00. The molecule has 1 aromatic rings. The van der Waals surface area contributed by atoms with E-state index in [1.54, 1.807) is 6.33 Å². The molecule has 0 radical (unpaired) electrons. The van der Waals surface area contributed by atoms with Gasteiger partial charge in [-0.25, -0.2) is 9.67 Å². The van der Waals surface area contributed by atoms with Crippen LogP contribution in [0.3, 0.4) is 0 Å². The lowest BCUT2D eigenvalue weighted by Crippen LogP contribution is -2.36. The first kappa shape index (κ1) is 12.2. The first-order valence-corrected chi connectivity index (χ1v) is 6.26. The molecule has 0 aliphatic carbocycles. The summed E-state index contributed by atoms with van der Waals surface area (Å²) in [5.74, 6) is 1.19. The number of hydrogen-bond acceptors (Lipinski definition) is 4. The average Bonchev–Trinajstić information content (AvgIpc) is 2.77. The predicted molar refractivity (Wildman–Crippen MR) is 64.5 cm³/mol. The van der Waals surface area contributed by atoms with Crippen LogP contribution in [0.25, 0.3) is 0 Å². The Morgan fingerprint density at radius 1 is 1.59 bits per heavy atom. The van der Waals surface area contributed by atoms with Crippen LogP contribution < -0.4 is 0 Å². The molecule has 2 rings (SSSR count). The Bertz CT molecular complexity index is 374. The third-order valence-corrected chi connectivity index (χ3v) is 3.24. The van der Waals surface area contributed by atoms with Crippen molar-refractivity contribution in [1.82, 2.24) is 19.7 Å². The Balaban J connectivity index is 2.00. The maximum atomic E-state index is 10.8. The van der Waals surface area contributed by atoms with Gasteiger partial charge in [-0.15, -0.1) is 0 Å². The van der Waals surface area contributed by atoms with Gasteiger partial charge in [0.1, 0.15) is 18.4 Å². The molecule has 0 N–H and O–H groups in total. The fraction of sp³-hybridized carbons (Fsp3) is 0.750. The van der Waals surface area contributed by atoms with Gasteiger partial charge in [0, 0.05) is 18.5 Å². The zero-order chi connectivity index (χ0) is 12.3. The van der Waals surface area contributed by atoms with Gasteiger partial charge in [-0.1, -0.05) is 0 Å². The number of aldehydes is 1. The van der Waals surface area contributed by atoms with Crippen LogP contribution in [0.1, 0.15) is 38.6 Å². The first-order chi connectivity index (χ1) is 8.20. The number of rotatable bonds is 4. The Morgan fingerprint density at radius 2 is 2.41 bits per heavy atom. The molecule has 1 atom stereocenters. The van der Waals surface area contributed by atoms with E-state index in [1.165, 1.54) is 0 Å². The quantitative estimate of drug-likeness (QED) is 0.739. The minimum absolute atomic E-state index is 0.194. The molecule has 1 aliphatic rings. The summed E-state index contributed by atoms with van der Waals surface area (Å²) in [6, 6.07) is 0.333. The third-order valence-electron chi connectivity index (χ3n) is 3.24. The molecule has 1 saturated heterocycles. The summed E-state index contributed by atoms with van der Waals surface area (Å²) in [6.45, 7) is 6.90. The summed E-state index contributed by atoms with van der Waals surface area (Å²) in [4.78, 5) is 17.4. The van der Waals surface area contributed by atoms with E-state index in [1.807, 2.05) is 4.68 Å². The van der Waals surface area contributed by atoms with E-state index in [2.05, 4.69) is 28.8 Å². The van der Waals surface area contributed by atoms with Crippen molar-refractivity contribution in [1.29, 1.82) is 0 Å². The molecule has 0 aromatic carbocycles. The van der Waals surface area contributed by atoms with Crippen molar-refractivity contribution in [3.8, 4) is 0 Å². The zero-order valence-electron chi connectivity index (χ0n) is 10.5. The highest BCUT2D eigenvalue weighted by molar-refractivity contribution is 5.53. The minimum Gasteiger partial charge on any atom is -0.303 e. The SMILES string of the molecule is CC(C)n1ncnc1CN1CCCC(C=O)C1. The second kappa shape index (κ2) is 5.40. The second-order valence-electron chi connectivity index (χ2n) is 4.99. The van der Waals surface area contributed by atoms with E-state index >= 15 is 0 Å². The lowest BCUT2D eigenvalue weighted by Gasteiger charge is -2.29. The fourth-order valence-corrected chi connectivity index (χ4v) is 2.36. The van der Waals surface area contributed by atoms with Crippen molar-refractivity contribution in [3.63, 3.8) is 0 Å². The monoisotopic (exact) mass is 236 g/mol. The van der Waals surface area contributed by atoms with Crippen LogP contribution in [0.4, 0.5) is 0 Å². The standard InChI is InChI=1S/C12H20N4O/c1-10(2)16-12(13-9-14-16)7-15-5-3-4-11(6-15)8-17/h8-11H,3-7H2,1-2H3. The molecule has 1 unspecified atom stereocenters. The van der Waals surface area contributed by atoms with Gasteiger partial charge in [-0.05, 0) is 33.2 Å². The molecular weight excluding hydrogens is 216 g/mol. The third kappa shape index (κ3) is 2.91. The Kier molecular flexibility index (Phi) is 3.89. The van der Waals surface area contributed by atoms with Crippen molar-refractivity contribution in [2.45, 2.75) is 39.3 Å². The summed E-state index contributed by atoms with van der Waals surface area (Å²) in [5.41, 5.74) is 0. The van der Waals surface area contributed by atoms with E-state index in [0.717, 1.165) is 44.6 Å². The van der Waals surface area contributed by atoms with Crippen LogP contribution in [0.15, 0.2) is 6.33 Å². The van der Waals surface area contributed by atoms with Crippen LogP contribution in [0.2, 0.25) is 0 Å². The molecule has 1 aromatic heterocycles. The maximum absolute atomic E-state index is 10.8. The van der Waals surface area contributed by atoms with E-state index in [0.29, 0.717) is 6.04 Å². The fourth-order valence-electron chi connectivity index (χ4n) is 2.36. The number of hydrogen-bond donors (Lipinski definition) is 0. The number of nitrogens with zero attached hydrogens (tertiary/aromatic N) is 4. The highest BCUT2D eigenvalue weighted by atomic mass is 16.1. The van der Waals surface area contributed by atoms with Crippen molar-refractivity contribution >= 4 is 6.29 Å². The summed E-state index contributed by atoms with van der Waals surface area (Å²) in [7, 11) is 0. The Labute approximate surface area is 102 Å². The molecule has 0 spiro atoms. The maximum Gasteiger partial charge on any atom is 0.141 e. The number of carbonyl (C=O) groups excluding carboxylic acids is 1. The van der Waals surface area contributed by atoms with E-state index < -0.39 is 0 Å². The lowest BCUT2D eigenvalue weighted by molar-refractivity contribution is -0.112. The second-order valence-corrected chi connectivity index (χ2v) is 4.99. The van der Waals surface area contributed by atoms with Gasteiger partial charge in [0.05, 0.1) is 6.54 Å². The molecule has 94 valence electrons. The van der Waals surface area contributed by atoms with E-state index in [9.17, 15) is 4.79 Å².